The monoisotopic (exact) mass is 509 g/mol. The number of rotatable bonds is 5. The fraction of sp³-hybridized carbons (Fsp3) is 0.842. The summed E-state index contributed by atoms with van der Waals surface area (Å²) in [6, 6.07) is 0.482. The van der Waals surface area contributed by atoms with Crippen LogP contribution >= 0.6 is 24.0 Å². The standard InChI is InChI=1S/C19H35N5O3.HI/c1-23(2)17(25)13-20-19(21-15-8-10-27-11-9-15)22-16-7-5-6-14(12-16)18(26)24(3)4;/h14-16H,5-13H2,1-4H3,(H2,20,21,22);1H. The second kappa shape index (κ2) is 12.5. The molecule has 1 aliphatic carbocycles. The molecule has 2 rings (SSSR count). The van der Waals surface area contributed by atoms with E-state index < -0.39 is 0 Å². The Labute approximate surface area is 185 Å². The number of nitrogens with zero attached hydrogens (tertiary/aromatic N) is 3. The average molecular weight is 509 g/mol. The highest BCUT2D eigenvalue weighted by atomic mass is 127. The number of halogens is 1. The van der Waals surface area contributed by atoms with Gasteiger partial charge in [0.05, 0.1) is 0 Å². The molecule has 1 aliphatic heterocycles. The molecule has 2 fully saturated rings. The highest BCUT2D eigenvalue weighted by Gasteiger charge is 2.29. The van der Waals surface area contributed by atoms with E-state index in [-0.39, 0.29) is 54.3 Å². The van der Waals surface area contributed by atoms with E-state index in [1.165, 1.54) is 0 Å². The first kappa shape index (κ1) is 24.9. The second-order valence-corrected chi connectivity index (χ2v) is 7.92. The highest BCUT2D eigenvalue weighted by molar-refractivity contribution is 14.0. The first-order valence-electron chi connectivity index (χ1n) is 9.93. The number of carbonyl (C=O) groups excluding carboxylic acids is 2. The van der Waals surface area contributed by atoms with Gasteiger partial charge >= 0.3 is 0 Å². The molecule has 2 N–H and O–H groups in total. The van der Waals surface area contributed by atoms with Gasteiger partial charge in [-0.1, -0.05) is 6.42 Å². The topological polar surface area (TPSA) is 86.3 Å². The molecule has 2 amide bonds. The van der Waals surface area contributed by atoms with E-state index in [1.807, 2.05) is 14.1 Å². The molecule has 0 aromatic carbocycles. The minimum Gasteiger partial charge on any atom is -0.381 e. The zero-order chi connectivity index (χ0) is 19.8. The molecular formula is C19H36IN5O3. The summed E-state index contributed by atoms with van der Waals surface area (Å²) >= 11 is 0. The van der Waals surface area contributed by atoms with Crippen LogP contribution in [0.3, 0.4) is 0 Å². The SMILES string of the molecule is CN(C)C(=O)CN=C(NC1CCOCC1)NC1CCCC(C(=O)N(C)C)C1.I. The van der Waals surface area contributed by atoms with Crippen LogP contribution in [0.5, 0.6) is 0 Å². The van der Waals surface area contributed by atoms with E-state index in [0.29, 0.717) is 12.0 Å². The molecule has 2 atom stereocenters. The number of ether oxygens (including phenoxy) is 1. The normalized spacial score (nSPS) is 23.4. The summed E-state index contributed by atoms with van der Waals surface area (Å²) in [6.45, 7) is 1.59. The molecule has 1 saturated carbocycles. The van der Waals surface area contributed by atoms with Crippen LogP contribution in [0.1, 0.15) is 38.5 Å². The first-order chi connectivity index (χ1) is 12.9. The average Bonchev–Trinajstić information content (AvgIpc) is 2.66. The van der Waals surface area contributed by atoms with Gasteiger partial charge < -0.3 is 25.2 Å². The van der Waals surface area contributed by atoms with Crippen molar-refractivity contribution in [3.8, 4) is 0 Å². The lowest BCUT2D eigenvalue weighted by Gasteiger charge is -2.33. The Morgan fingerprint density at radius 1 is 0.964 bits per heavy atom. The van der Waals surface area contributed by atoms with E-state index in [2.05, 4.69) is 15.6 Å². The van der Waals surface area contributed by atoms with Crippen molar-refractivity contribution in [2.24, 2.45) is 10.9 Å². The largest absolute Gasteiger partial charge is 0.381 e. The van der Waals surface area contributed by atoms with Gasteiger partial charge in [0.2, 0.25) is 11.8 Å². The molecule has 2 unspecified atom stereocenters. The molecule has 0 aromatic rings. The number of carbonyl (C=O) groups is 2. The molecule has 1 heterocycles. The number of hydrogen-bond acceptors (Lipinski definition) is 4. The Bertz CT molecular complexity index is 536. The van der Waals surface area contributed by atoms with Gasteiger partial charge in [0.1, 0.15) is 6.54 Å². The summed E-state index contributed by atoms with van der Waals surface area (Å²) in [6.07, 6.45) is 5.61. The third-order valence-corrected chi connectivity index (χ3v) is 5.24. The fourth-order valence-corrected chi connectivity index (χ4v) is 3.56. The molecule has 2 aliphatic rings. The summed E-state index contributed by atoms with van der Waals surface area (Å²) in [5.41, 5.74) is 0. The van der Waals surface area contributed by atoms with Gasteiger partial charge in [-0.05, 0) is 32.1 Å². The zero-order valence-corrected chi connectivity index (χ0v) is 19.9. The maximum Gasteiger partial charge on any atom is 0.243 e. The van der Waals surface area contributed by atoms with Crippen LogP contribution < -0.4 is 10.6 Å². The van der Waals surface area contributed by atoms with E-state index >= 15 is 0 Å². The predicted octanol–water partition coefficient (Wildman–Crippen LogP) is 1.05. The molecule has 0 spiro atoms. The molecular weight excluding hydrogens is 473 g/mol. The van der Waals surface area contributed by atoms with Crippen LogP contribution in [0, 0.1) is 5.92 Å². The smallest absolute Gasteiger partial charge is 0.243 e. The number of hydrogen-bond donors (Lipinski definition) is 2. The van der Waals surface area contributed by atoms with Crippen molar-refractivity contribution >= 4 is 41.8 Å². The summed E-state index contributed by atoms with van der Waals surface area (Å²) in [5.74, 6) is 0.881. The van der Waals surface area contributed by atoms with Crippen molar-refractivity contribution in [2.75, 3.05) is 47.9 Å². The van der Waals surface area contributed by atoms with Gasteiger partial charge in [-0.2, -0.15) is 0 Å². The third-order valence-electron chi connectivity index (χ3n) is 5.24. The van der Waals surface area contributed by atoms with Gasteiger partial charge in [-0.15, -0.1) is 24.0 Å². The third kappa shape index (κ3) is 8.10. The Balaban J connectivity index is 0.00000392. The van der Waals surface area contributed by atoms with Crippen LogP contribution in [-0.4, -0.2) is 87.6 Å². The van der Waals surface area contributed by atoms with Crippen LogP contribution in [0.2, 0.25) is 0 Å². The van der Waals surface area contributed by atoms with E-state index in [1.54, 1.807) is 23.9 Å². The van der Waals surface area contributed by atoms with Crippen molar-refractivity contribution in [1.29, 1.82) is 0 Å². The molecule has 162 valence electrons. The van der Waals surface area contributed by atoms with Crippen molar-refractivity contribution in [2.45, 2.75) is 50.6 Å². The second-order valence-electron chi connectivity index (χ2n) is 7.92. The van der Waals surface area contributed by atoms with E-state index in [9.17, 15) is 9.59 Å². The van der Waals surface area contributed by atoms with Gasteiger partial charge in [-0.25, -0.2) is 4.99 Å². The zero-order valence-electron chi connectivity index (χ0n) is 17.6. The maximum atomic E-state index is 12.3. The Kier molecular flexibility index (Phi) is 11.1. The number of nitrogens with one attached hydrogen (secondary N) is 2. The fourth-order valence-electron chi connectivity index (χ4n) is 3.56. The number of amides is 2. The summed E-state index contributed by atoms with van der Waals surface area (Å²) in [5, 5.41) is 6.94. The lowest BCUT2D eigenvalue weighted by Crippen LogP contribution is -2.51. The molecule has 0 bridgehead atoms. The molecule has 28 heavy (non-hydrogen) atoms. The van der Waals surface area contributed by atoms with Crippen LogP contribution in [0.4, 0.5) is 0 Å². The van der Waals surface area contributed by atoms with Crippen molar-refractivity contribution < 1.29 is 14.3 Å². The van der Waals surface area contributed by atoms with Crippen molar-refractivity contribution in [3.05, 3.63) is 0 Å². The summed E-state index contributed by atoms with van der Waals surface area (Å²) in [4.78, 5) is 32.0. The molecule has 1 saturated heterocycles. The van der Waals surface area contributed by atoms with Gasteiger partial charge in [0.25, 0.3) is 0 Å². The molecule has 8 nitrogen and oxygen atoms in total. The van der Waals surface area contributed by atoms with Crippen LogP contribution in [0.15, 0.2) is 4.99 Å². The van der Waals surface area contributed by atoms with Crippen LogP contribution in [0.25, 0.3) is 0 Å². The minimum absolute atomic E-state index is 0. The lowest BCUT2D eigenvalue weighted by molar-refractivity contribution is -0.134. The summed E-state index contributed by atoms with van der Waals surface area (Å²) < 4.78 is 5.42. The molecule has 9 heteroatoms. The highest BCUT2D eigenvalue weighted by Crippen LogP contribution is 2.25. The van der Waals surface area contributed by atoms with Crippen LogP contribution in [-0.2, 0) is 14.3 Å². The lowest BCUT2D eigenvalue weighted by atomic mass is 9.85. The van der Waals surface area contributed by atoms with Gasteiger partial charge in [0, 0.05) is 59.4 Å². The number of aliphatic imine (C=N–C) groups is 1. The molecule has 0 radical (unpaired) electrons. The molecule has 0 aromatic heterocycles. The predicted molar refractivity (Wildman–Crippen MR) is 121 cm³/mol. The van der Waals surface area contributed by atoms with Gasteiger partial charge in [0.15, 0.2) is 5.96 Å². The minimum atomic E-state index is -0.0348. The quantitative estimate of drug-likeness (QED) is 0.329. The Morgan fingerprint density at radius 2 is 1.61 bits per heavy atom. The Morgan fingerprint density at radius 3 is 2.21 bits per heavy atom. The van der Waals surface area contributed by atoms with E-state index in [0.717, 1.165) is 51.7 Å². The number of likely N-dealkylation sites (N-methyl/N-ethyl adjacent to an activating group) is 1. The summed E-state index contributed by atoms with van der Waals surface area (Å²) in [7, 11) is 7.09. The van der Waals surface area contributed by atoms with Crippen molar-refractivity contribution in [3.63, 3.8) is 0 Å². The first-order valence-corrected chi connectivity index (χ1v) is 9.93. The van der Waals surface area contributed by atoms with Gasteiger partial charge in [-0.3, -0.25) is 9.59 Å². The van der Waals surface area contributed by atoms with Crippen molar-refractivity contribution in [1.82, 2.24) is 20.4 Å². The Hall–Kier alpha value is -1.10. The van der Waals surface area contributed by atoms with E-state index in [4.69, 9.17) is 4.74 Å². The maximum absolute atomic E-state index is 12.3. The number of guanidine groups is 1.